The average molecular weight is 391 g/mol. The predicted octanol–water partition coefficient (Wildman–Crippen LogP) is 1.79. The summed E-state index contributed by atoms with van der Waals surface area (Å²) in [6.07, 6.45) is 1.49. The summed E-state index contributed by atoms with van der Waals surface area (Å²) in [6.45, 7) is 4.07. The standard InChI is InChI=1S/C17H21N5O4S/c1-11(2)22-10-19-21-17(22)27-9-14(23)20-13-5-3-12(4-6-13)16(26)18-8-7-15(24)25/h3-6,10-11H,7-9H2,1-2H3,(H,18,26)(H,20,23)(H,24,25). The largest absolute Gasteiger partial charge is 0.481 e. The molecule has 0 saturated heterocycles. The number of amides is 2. The van der Waals surface area contributed by atoms with Crippen molar-refractivity contribution in [2.24, 2.45) is 0 Å². The van der Waals surface area contributed by atoms with Gasteiger partial charge in [0, 0.05) is 23.8 Å². The molecule has 0 atom stereocenters. The summed E-state index contributed by atoms with van der Waals surface area (Å²) < 4.78 is 1.88. The third-order valence-electron chi connectivity index (χ3n) is 3.48. The van der Waals surface area contributed by atoms with E-state index in [4.69, 9.17) is 5.11 Å². The molecule has 2 amide bonds. The molecule has 9 nitrogen and oxygen atoms in total. The average Bonchev–Trinajstić information content (AvgIpc) is 3.09. The van der Waals surface area contributed by atoms with E-state index in [-0.39, 0.29) is 36.6 Å². The van der Waals surface area contributed by atoms with Crippen LogP contribution in [0.4, 0.5) is 5.69 Å². The molecule has 10 heteroatoms. The maximum atomic E-state index is 12.1. The fourth-order valence-electron chi connectivity index (χ4n) is 2.11. The smallest absolute Gasteiger partial charge is 0.305 e. The van der Waals surface area contributed by atoms with E-state index >= 15 is 0 Å². The number of carbonyl (C=O) groups excluding carboxylic acids is 2. The molecule has 0 aliphatic rings. The van der Waals surface area contributed by atoms with Crippen molar-refractivity contribution >= 4 is 35.2 Å². The van der Waals surface area contributed by atoms with Crippen molar-refractivity contribution in [3.05, 3.63) is 36.2 Å². The first-order chi connectivity index (χ1) is 12.9. The summed E-state index contributed by atoms with van der Waals surface area (Å²) in [5.74, 6) is -1.35. The van der Waals surface area contributed by atoms with Crippen LogP contribution in [0.5, 0.6) is 0 Å². The lowest BCUT2D eigenvalue weighted by atomic mass is 10.2. The van der Waals surface area contributed by atoms with Crippen LogP contribution < -0.4 is 10.6 Å². The van der Waals surface area contributed by atoms with Gasteiger partial charge in [-0.25, -0.2) is 0 Å². The van der Waals surface area contributed by atoms with Crippen LogP contribution >= 0.6 is 11.8 Å². The minimum Gasteiger partial charge on any atom is -0.481 e. The predicted molar refractivity (Wildman–Crippen MR) is 101 cm³/mol. The first-order valence-electron chi connectivity index (χ1n) is 8.29. The van der Waals surface area contributed by atoms with Gasteiger partial charge in [-0.15, -0.1) is 10.2 Å². The Labute approximate surface area is 160 Å². The van der Waals surface area contributed by atoms with E-state index in [1.165, 1.54) is 11.8 Å². The fourth-order valence-corrected chi connectivity index (χ4v) is 2.95. The molecule has 2 rings (SSSR count). The zero-order valence-corrected chi connectivity index (χ0v) is 15.8. The molecule has 0 aliphatic carbocycles. The van der Waals surface area contributed by atoms with E-state index in [0.717, 1.165) is 0 Å². The first kappa shape index (κ1) is 20.4. The minimum absolute atomic E-state index is 0.0604. The molecule has 27 heavy (non-hydrogen) atoms. The number of hydrogen-bond donors (Lipinski definition) is 3. The Morgan fingerprint density at radius 1 is 1.22 bits per heavy atom. The summed E-state index contributed by atoms with van der Waals surface area (Å²) in [5.41, 5.74) is 0.950. The second kappa shape index (κ2) is 9.72. The SMILES string of the molecule is CC(C)n1cnnc1SCC(=O)Nc1ccc(C(=O)NCCC(=O)O)cc1. The van der Waals surface area contributed by atoms with Crippen molar-refractivity contribution in [3.63, 3.8) is 0 Å². The molecule has 2 aromatic rings. The van der Waals surface area contributed by atoms with Crippen LogP contribution in [0, 0.1) is 0 Å². The van der Waals surface area contributed by atoms with Crippen LogP contribution in [-0.2, 0) is 9.59 Å². The number of benzene rings is 1. The van der Waals surface area contributed by atoms with Gasteiger partial charge < -0.3 is 20.3 Å². The Morgan fingerprint density at radius 2 is 1.93 bits per heavy atom. The number of anilines is 1. The van der Waals surface area contributed by atoms with Crippen molar-refractivity contribution in [2.45, 2.75) is 31.5 Å². The van der Waals surface area contributed by atoms with Gasteiger partial charge in [-0.1, -0.05) is 11.8 Å². The lowest BCUT2D eigenvalue weighted by Gasteiger charge is -2.09. The van der Waals surface area contributed by atoms with Gasteiger partial charge in [-0.05, 0) is 38.1 Å². The number of aromatic nitrogens is 3. The number of nitrogens with one attached hydrogen (secondary N) is 2. The van der Waals surface area contributed by atoms with Crippen LogP contribution in [0.3, 0.4) is 0 Å². The van der Waals surface area contributed by atoms with Crippen LogP contribution in [0.25, 0.3) is 0 Å². The molecule has 0 spiro atoms. The van der Waals surface area contributed by atoms with Gasteiger partial charge in [0.1, 0.15) is 6.33 Å². The molecule has 0 unspecified atom stereocenters. The topological polar surface area (TPSA) is 126 Å². The zero-order chi connectivity index (χ0) is 19.8. The highest BCUT2D eigenvalue weighted by molar-refractivity contribution is 7.99. The summed E-state index contributed by atoms with van der Waals surface area (Å²) >= 11 is 1.29. The maximum Gasteiger partial charge on any atom is 0.305 e. The van der Waals surface area contributed by atoms with E-state index in [1.54, 1.807) is 30.6 Å². The number of carboxylic acids is 1. The molecule has 0 radical (unpaired) electrons. The van der Waals surface area contributed by atoms with Gasteiger partial charge in [0.2, 0.25) is 5.91 Å². The van der Waals surface area contributed by atoms with Crippen molar-refractivity contribution < 1.29 is 19.5 Å². The van der Waals surface area contributed by atoms with E-state index in [2.05, 4.69) is 20.8 Å². The van der Waals surface area contributed by atoms with E-state index < -0.39 is 5.97 Å². The number of thioether (sulfide) groups is 1. The molecule has 0 fully saturated rings. The number of carbonyl (C=O) groups is 3. The first-order valence-corrected chi connectivity index (χ1v) is 9.27. The Hall–Kier alpha value is -2.88. The molecule has 1 heterocycles. The maximum absolute atomic E-state index is 12.1. The van der Waals surface area contributed by atoms with Crippen molar-refractivity contribution in [2.75, 3.05) is 17.6 Å². The van der Waals surface area contributed by atoms with Gasteiger partial charge in [-0.3, -0.25) is 14.4 Å². The van der Waals surface area contributed by atoms with Gasteiger partial charge in [0.05, 0.1) is 12.2 Å². The highest BCUT2D eigenvalue weighted by Gasteiger charge is 2.11. The number of hydrogen-bond acceptors (Lipinski definition) is 6. The number of carboxylic acid groups (broad SMARTS) is 1. The molecule has 0 saturated carbocycles. The fraction of sp³-hybridized carbons (Fsp3) is 0.353. The summed E-state index contributed by atoms with van der Waals surface area (Å²) in [5, 5.41) is 22.4. The van der Waals surface area contributed by atoms with Crippen molar-refractivity contribution in [1.29, 1.82) is 0 Å². The van der Waals surface area contributed by atoms with Gasteiger partial charge in [0.15, 0.2) is 5.16 Å². The number of rotatable bonds is 9. The third kappa shape index (κ3) is 6.41. The normalized spacial score (nSPS) is 10.6. The second-order valence-electron chi connectivity index (χ2n) is 5.93. The van der Waals surface area contributed by atoms with Crippen molar-refractivity contribution in [3.8, 4) is 0 Å². The third-order valence-corrected chi connectivity index (χ3v) is 4.44. The molecular weight excluding hydrogens is 370 g/mol. The molecule has 144 valence electrons. The number of nitrogens with zero attached hydrogens (tertiary/aromatic N) is 3. The lowest BCUT2D eigenvalue weighted by molar-refractivity contribution is -0.136. The molecular formula is C17H21N5O4S. The second-order valence-corrected chi connectivity index (χ2v) is 6.87. The Balaban J connectivity index is 1.83. The van der Waals surface area contributed by atoms with Crippen LogP contribution in [0.1, 0.15) is 36.7 Å². The van der Waals surface area contributed by atoms with Crippen LogP contribution in [0.15, 0.2) is 35.7 Å². The highest BCUT2D eigenvalue weighted by Crippen LogP contribution is 2.19. The van der Waals surface area contributed by atoms with E-state index in [1.807, 2.05) is 18.4 Å². The summed E-state index contributed by atoms with van der Waals surface area (Å²) in [4.78, 5) is 34.4. The molecule has 1 aromatic carbocycles. The molecule has 3 N–H and O–H groups in total. The van der Waals surface area contributed by atoms with Gasteiger partial charge >= 0.3 is 5.97 Å². The van der Waals surface area contributed by atoms with Gasteiger partial charge in [0.25, 0.3) is 5.91 Å². The molecule has 1 aromatic heterocycles. The lowest BCUT2D eigenvalue weighted by Crippen LogP contribution is -2.26. The molecule has 0 aliphatic heterocycles. The highest BCUT2D eigenvalue weighted by atomic mass is 32.2. The monoisotopic (exact) mass is 391 g/mol. The number of aliphatic carboxylic acids is 1. The zero-order valence-electron chi connectivity index (χ0n) is 15.0. The molecule has 0 bridgehead atoms. The van der Waals surface area contributed by atoms with Crippen LogP contribution in [0.2, 0.25) is 0 Å². The van der Waals surface area contributed by atoms with Crippen molar-refractivity contribution in [1.82, 2.24) is 20.1 Å². The Kier molecular flexibility index (Phi) is 7.35. The van der Waals surface area contributed by atoms with E-state index in [0.29, 0.717) is 16.4 Å². The summed E-state index contributed by atoms with van der Waals surface area (Å²) in [6, 6.07) is 6.57. The summed E-state index contributed by atoms with van der Waals surface area (Å²) in [7, 11) is 0. The minimum atomic E-state index is -0.974. The Morgan fingerprint density at radius 3 is 2.56 bits per heavy atom. The quantitative estimate of drug-likeness (QED) is 0.556. The van der Waals surface area contributed by atoms with E-state index in [9.17, 15) is 14.4 Å². The Bertz CT molecular complexity index is 804. The van der Waals surface area contributed by atoms with Gasteiger partial charge in [-0.2, -0.15) is 0 Å². The van der Waals surface area contributed by atoms with Crippen LogP contribution in [-0.4, -0.2) is 50.0 Å².